The summed E-state index contributed by atoms with van der Waals surface area (Å²) in [6, 6.07) is 105. The Morgan fingerprint density at radius 2 is 0.685 bits per heavy atom. The molecule has 4 heterocycles. The van der Waals surface area contributed by atoms with Gasteiger partial charge in [0.2, 0.25) is 5.95 Å². The number of benzene rings is 13. The topological polar surface area (TPSA) is 87.2 Å². The summed E-state index contributed by atoms with van der Waals surface area (Å²) in [6.07, 6.45) is 0. The van der Waals surface area contributed by atoms with E-state index >= 15 is 0 Å². The van der Waals surface area contributed by atoms with E-state index in [-0.39, 0.29) is 11.3 Å². The third kappa shape index (κ3) is 8.30. The molecule has 0 N–H and O–H groups in total. The fraction of sp³-hybridized carbons (Fsp3) is 0.0476. The lowest BCUT2D eigenvalue weighted by atomic mass is 9.82. The van der Waals surface area contributed by atoms with E-state index in [1.807, 2.05) is 72.8 Å². The number of rotatable bonds is 7. The molecule has 4 aromatic heterocycles. The summed E-state index contributed by atoms with van der Waals surface area (Å²) in [5, 5.41) is 9.76. The molecule has 1 unspecified atom stereocenters. The quantitative estimate of drug-likeness (QED) is 0.158. The van der Waals surface area contributed by atoms with Crippen molar-refractivity contribution in [2.24, 2.45) is 0 Å². The summed E-state index contributed by atoms with van der Waals surface area (Å²) in [6.45, 7) is 4.67. The molecule has 8 nitrogen and oxygen atoms in total. The Kier molecular flexibility index (Phi) is 12.2. The van der Waals surface area contributed by atoms with E-state index < -0.39 is 0 Å². The van der Waals surface area contributed by atoms with Gasteiger partial charge in [0, 0.05) is 65.7 Å². The average Bonchev–Trinajstić information content (AvgIpc) is 1.56. The molecule has 13 aromatic carbocycles. The van der Waals surface area contributed by atoms with Crippen LogP contribution in [0.3, 0.4) is 0 Å². The Labute approximate surface area is 531 Å². The van der Waals surface area contributed by atoms with Crippen molar-refractivity contribution in [2.45, 2.75) is 25.2 Å². The molecule has 2 aliphatic rings. The molecule has 432 valence electrons. The molecule has 0 fully saturated rings. The van der Waals surface area contributed by atoms with Gasteiger partial charge in [0.1, 0.15) is 5.82 Å². The van der Waals surface area contributed by atoms with Crippen LogP contribution in [0.25, 0.3) is 145 Å². The van der Waals surface area contributed by atoms with E-state index in [1.165, 1.54) is 98.6 Å². The molecule has 0 radical (unpaired) electrons. The molecule has 19 rings (SSSR count). The van der Waals surface area contributed by atoms with Gasteiger partial charge in [-0.05, 0) is 79.5 Å². The van der Waals surface area contributed by atoms with Crippen molar-refractivity contribution in [2.75, 3.05) is 0 Å². The van der Waals surface area contributed by atoms with Gasteiger partial charge in [-0.15, -0.1) is 0 Å². The lowest BCUT2D eigenvalue weighted by Gasteiger charge is -2.21. The maximum Gasteiger partial charge on any atom is 0.238 e. The van der Waals surface area contributed by atoms with Crippen molar-refractivity contribution >= 4 is 65.2 Å². The van der Waals surface area contributed by atoms with E-state index in [4.69, 9.17) is 29.9 Å². The first-order valence-electron chi connectivity index (χ1n) is 31.4. The first kappa shape index (κ1) is 53.1. The van der Waals surface area contributed by atoms with Crippen LogP contribution in [0.2, 0.25) is 0 Å². The zero-order valence-electron chi connectivity index (χ0n) is 50.4. The molecule has 8 heteroatoms. The van der Waals surface area contributed by atoms with Crippen molar-refractivity contribution in [3.63, 3.8) is 0 Å². The molecule has 92 heavy (non-hydrogen) atoms. The molecule has 0 amide bonds. The van der Waals surface area contributed by atoms with Crippen LogP contribution in [0.4, 0.5) is 0 Å². The molecule has 1 atom stereocenters. The highest BCUT2D eigenvalue weighted by molar-refractivity contribution is 6.23. The third-order valence-electron chi connectivity index (χ3n) is 19.0. The summed E-state index contributed by atoms with van der Waals surface area (Å²) in [7, 11) is 0. The molecule has 2 aliphatic carbocycles. The smallest absolute Gasteiger partial charge is 0.238 e. The minimum Gasteiger partial charge on any atom is -0.309 e. The van der Waals surface area contributed by atoms with E-state index in [2.05, 4.69) is 247 Å². The van der Waals surface area contributed by atoms with Gasteiger partial charge in [0.05, 0.1) is 28.0 Å². The van der Waals surface area contributed by atoms with Crippen LogP contribution < -0.4 is 0 Å². The fourth-order valence-corrected chi connectivity index (χ4v) is 14.8. The predicted octanol–water partition coefficient (Wildman–Crippen LogP) is 20.4. The van der Waals surface area contributed by atoms with Crippen LogP contribution in [0, 0.1) is 0 Å². The second-order valence-electron chi connectivity index (χ2n) is 24.5. The molecule has 0 aliphatic heterocycles. The molecular weight excluding hydrogens is 1120 g/mol. The maximum absolute atomic E-state index is 5.20. The van der Waals surface area contributed by atoms with Gasteiger partial charge in [-0.3, -0.25) is 4.57 Å². The standard InChI is InChI=1S/C44H28N4.C40H28N4/c1-4-14-28(15-5-1)42-45-43(29-16-6-2-7-17-29)47-44(46-42)40-33-22-11-10-21-32(33)39-34-24-25-35-31-20-12-13-23-38(31)48(30-18-8-3-9-19-30)41(35)36(34)26-27-37(39)40;1-40(2)32-19-11-9-18-31(32)35-28-21-22-29-27-17-10-12-20-34(27)44(36(29)30(28)23-24-33(35)40)39-42-37(25-13-5-3-6-14-25)41-38(43-39)26-15-7-4-8-16-26/h1-27,40H;3-24H,1-2H3. The second kappa shape index (κ2) is 21.1. The number of hydrogen-bond donors (Lipinski definition) is 0. The zero-order chi connectivity index (χ0) is 61.0. The minimum absolute atomic E-state index is 0.0643. The second-order valence-corrected chi connectivity index (χ2v) is 24.5. The lowest BCUT2D eigenvalue weighted by Crippen LogP contribution is -2.14. The normalized spacial score (nSPS) is 13.5. The number of fused-ring (bicyclic) bond motifs is 18. The zero-order valence-corrected chi connectivity index (χ0v) is 50.4. The van der Waals surface area contributed by atoms with Crippen molar-refractivity contribution in [3.05, 3.63) is 325 Å². The summed E-state index contributed by atoms with van der Waals surface area (Å²) < 4.78 is 4.66. The van der Waals surface area contributed by atoms with Gasteiger partial charge in [-0.25, -0.2) is 19.9 Å². The van der Waals surface area contributed by atoms with Crippen LogP contribution in [-0.4, -0.2) is 39.0 Å². The molecule has 0 spiro atoms. The Hall–Kier alpha value is -12.0. The first-order chi connectivity index (χ1) is 45.4. The van der Waals surface area contributed by atoms with Crippen LogP contribution in [0.1, 0.15) is 47.8 Å². The highest BCUT2D eigenvalue weighted by Gasteiger charge is 2.38. The van der Waals surface area contributed by atoms with Crippen LogP contribution in [0.15, 0.2) is 297 Å². The number of aromatic nitrogens is 8. The Morgan fingerprint density at radius 1 is 0.283 bits per heavy atom. The lowest BCUT2D eigenvalue weighted by molar-refractivity contribution is 0.661. The van der Waals surface area contributed by atoms with E-state index in [0.717, 1.165) is 44.8 Å². The minimum atomic E-state index is -0.135. The predicted molar refractivity (Wildman–Crippen MR) is 375 cm³/mol. The van der Waals surface area contributed by atoms with Crippen molar-refractivity contribution < 1.29 is 0 Å². The van der Waals surface area contributed by atoms with E-state index in [0.29, 0.717) is 29.2 Å². The molecule has 0 saturated carbocycles. The Bertz CT molecular complexity index is 5670. The summed E-state index contributed by atoms with van der Waals surface area (Å²) >= 11 is 0. The number of nitrogens with zero attached hydrogens (tertiary/aromatic N) is 8. The van der Waals surface area contributed by atoms with Crippen molar-refractivity contribution in [3.8, 4) is 79.4 Å². The highest BCUT2D eigenvalue weighted by atomic mass is 15.2. The van der Waals surface area contributed by atoms with Gasteiger partial charge in [-0.1, -0.05) is 287 Å². The highest BCUT2D eigenvalue weighted by Crippen LogP contribution is 2.54. The van der Waals surface area contributed by atoms with Crippen molar-refractivity contribution in [1.29, 1.82) is 0 Å². The number of para-hydroxylation sites is 3. The summed E-state index contributed by atoms with van der Waals surface area (Å²) in [5.41, 5.74) is 19.9. The summed E-state index contributed by atoms with van der Waals surface area (Å²) in [4.78, 5) is 30.6. The van der Waals surface area contributed by atoms with Crippen LogP contribution in [0.5, 0.6) is 0 Å². The fourth-order valence-electron chi connectivity index (χ4n) is 14.8. The Balaban J connectivity index is 0.000000136. The first-order valence-corrected chi connectivity index (χ1v) is 31.4. The van der Waals surface area contributed by atoms with E-state index in [9.17, 15) is 0 Å². The summed E-state index contributed by atoms with van der Waals surface area (Å²) in [5.74, 6) is 3.89. The third-order valence-corrected chi connectivity index (χ3v) is 19.0. The maximum atomic E-state index is 5.20. The van der Waals surface area contributed by atoms with Crippen LogP contribution >= 0.6 is 0 Å². The van der Waals surface area contributed by atoms with Gasteiger partial charge in [-0.2, -0.15) is 9.97 Å². The molecule has 0 bridgehead atoms. The van der Waals surface area contributed by atoms with Crippen molar-refractivity contribution in [1.82, 2.24) is 39.0 Å². The van der Waals surface area contributed by atoms with Crippen LogP contribution in [-0.2, 0) is 5.41 Å². The largest absolute Gasteiger partial charge is 0.309 e. The SMILES string of the molecule is CC1(C)c2ccccc2-c2c1ccc1c2ccc2c3ccccc3n(-c3nc(-c4ccccc4)nc(-c4ccccc4)n3)c12.c1ccc(-c2nc(-c3ccccc3)nc(C3c4ccccc4-c4c3ccc3c4ccc4c5ccccc5n(-c5ccccc5)c34)n2)cc1. The molecular formula is C84H56N8. The van der Waals surface area contributed by atoms with Gasteiger partial charge < -0.3 is 4.57 Å². The molecule has 17 aromatic rings. The molecule has 0 saturated heterocycles. The van der Waals surface area contributed by atoms with Gasteiger partial charge >= 0.3 is 0 Å². The monoisotopic (exact) mass is 1180 g/mol. The number of hydrogen-bond acceptors (Lipinski definition) is 6. The average molecular weight is 1180 g/mol. The van der Waals surface area contributed by atoms with Gasteiger partial charge in [0.15, 0.2) is 23.3 Å². The van der Waals surface area contributed by atoms with E-state index in [1.54, 1.807) is 0 Å². The van der Waals surface area contributed by atoms with Gasteiger partial charge in [0.25, 0.3) is 0 Å². The Morgan fingerprint density at radius 3 is 1.25 bits per heavy atom.